The predicted octanol–water partition coefficient (Wildman–Crippen LogP) is 2.47. The molecule has 0 aromatic carbocycles. The highest BCUT2D eigenvalue weighted by Crippen LogP contribution is 2.20. The number of alkyl halides is 2. The molecule has 1 N–H and O–H groups in total. The summed E-state index contributed by atoms with van der Waals surface area (Å²) in [4.78, 5) is 0. The van der Waals surface area contributed by atoms with Gasteiger partial charge in [0, 0.05) is 5.54 Å². The van der Waals surface area contributed by atoms with Crippen LogP contribution in [0.2, 0.25) is 0 Å². The maximum Gasteiger partial charge on any atom is 0.149 e. The molecule has 0 bridgehead atoms. The van der Waals surface area contributed by atoms with E-state index in [1.54, 1.807) is 0 Å². The van der Waals surface area contributed by atoms with Crippen LogP contribution in [-0.4, -0.2) is 16.0 Å². The molecular formula is C4H4Cl4O. The van der Waals surface area contributed by atoms with E-state index in [-0.39, 0.29) is 5.03 Å². The molecule has 0 aliphatic rings. The van der Waals surface area contributed by atoms with Crippen molar-refractivity contribution in [3.05, 3.63) is 10.6 Å². The molecule has 1 nitrogen and oxygen atoms in total. The van der Waals surface area contributed by atoms with Gasteiger partial charge in [0.1, 0.15) is 10.9 Å². The smallest absolute Gasteiger partial charge is 0.149 e. The average molecular weight is 210 g/mol. The van der Waals surface area contributed by atoms with Gasteiger partial charge in [-0.2, -0.15) is 0 Å². The zero-order chi connectivity index (χ0) is 7.44. The van der Waals surface area contributed by atoms with Crippen LogP contribution in [0.15, 0.2) is 10.6 Å². The second kappa shape index (κ2) is 4.64. The Hall–Kier alpha value is 0.860. The SMILES string of the molecule is OC(Cl)C(Cl)C(Cl)=CCl. The summed E-state index contributed by atoms with van der Waals surface area (Å²) < 4.78 is 0. The summed E-state index contributed by atoms with van der Waals surface area (Å²) in [6.45, 7) is 0. The summed E-state index contributed by atoms with van der Waals surface area (Å²) in [5.41, 5.74) is -0.140. The van der Waals surface area contributed by atoms with E-state index < -0.39 is 10.9 Å². The molecule has 2 atom stereocenters. The Morgan fingerprint density at radius 3 is 2.00 bits per heavy atom. The molecule has 0 aromatic rings. The van der Waals surface area contributed by atoms with Crippen molar-refractivity contribution in [2.75, 3.05) is 0 Å². The largest absolute Gasteiger partial charge is 0.376 e. The molecule has 0 saturated carbocycles. The molecule has 0 aliphatic heterocycles. The van der Waals surface area contributed by atoms with Crippen LogP contribution < -0.4 is 0 Å². The van der Waals surface area contributed by atoms with Crippen LogP contribution in [0.25, 0.3) is 0 Å². The van der Waals surface area contributed by atoms with Gasteiger partial charge < -0.3 is 5.11 Å². The van der Waals surface area contributed by atoms with E-state index in [4.69, 9.17) is 51.5 Å². The predicted molar refractivity (Wildman–Crippen MR) is 41.3 cm³/mol. The van der Waals surface area contributed by atoms with Gasteiger partial charge in [-0.3, -0.25) is 0 Å². The Labute approximate surface area is 73.2 Å². The lowest BCUT2D eigenvalue weighted by atomic mass is 10.4. The summed E-state index contributed by atoms with van der Waals surface area (Å²) in [6.07, 6.45) is 0. The first-order valence-electron chi connectivity index (χ1n) is 2.01. The van der Waals surface area contributed by atoms with Crippen molar-refractivity contribution in [1.82, 2.24) is 0 Å². The first-order valence-corrected chi connectivity index (χ1v) is 3.70. The molecule has 0 radical (unpaired) electrons. The minimum absolute atomic E-state index is 0.126. The fraction of sp³-hybridized carbons (Fsp3) is 0.500. The van der Waals surface area contributed by atoms with Crippen molar-refractivity contribution in [1.29, 1.82) is 0 Å². The Bertz CT molecular complexity index is 111. The first kappa shape index (κ1) is 9.86. The van der Waals surface area contributed by atoms with Gasteiger partial charge in [-0.25, -0.2) is 0 Å². The van der Waals surface area contributed by atoms with Gasteiger partial charge in [0.2, 0.25) is 0 Å². The van der Waals surface area contributed by atoms with Crippen LogP contribution in [0.4, 0.5) is 0 Å². The third-order valence-electron chi connectivity index (χ3n) is 0.609. The lowest BCUT2D eigenvalue weighted by Crippen LogP contribution is -2.13. The van der Waals surface area contributed by atoms with E-state index in [1.165, 1.54) is 0 Å². The van der Waals surface area contributed by atoms with E-state index in [9.17, 15) is 0 Å². The van der Waals surface area contributed by atoms with Crippen LogP contribution >= 0.6 is 46.4 Å². The number of rotatable bonds is 2. The molecule has 0 amide bonds. The van der Waals surface area contributed by atoms with Crippen molar-refractivity contribution in [3.8, 4) is 0 Å². The van der Waals surface area contributed by atoms with E-state index in [2.05, 4.69) is 0 Å². The van der Waals surface area contributed by atoms with Crippen molar-refractivity contribution in [2.45, 2.75) is 10.9 Å². The van der Waals surface area contributed by atoms with Crippen LogP contribution in [0.3, 0.4) is 0 Å². The topological polar surface area (TPSA) is 20.2 Å². The zero-order valence-corrected chi connectivity index (χ0v) is 7.21. The van der Waals surface area contributed by atoms with E-state index in [0.29, 0.717) is 0 Å². The highest BCUT2D eigenvalue weighted by molar-refractivity contribution is 6.43. The van der Waals surface area contributed by atoms with E-state index >= 15 is 0 Å². The lowest BCUT2D eigenvalue weighted by molar-refractivity contribution is 0.262. The molecule has 54 valence electrons. The molecule has 0 aliphatic carbocycles. The Morgan fingerprint density at radius 2 is 1.89 bits per heavy atom. The van der Waals surface area contributed by atoms with Crippen LogP contribution in [0.1, 0.15) is 0 Å². The van der Waals surface area contributed by atoms with E-state index in [0.717, 1.165) is 5.54 Å². The molecular weight excluding hydrogens is 206 g/mol. The van der Waals surface area contributed by atoms with E-state index in [1.807, 2.05) is 0 Å². The quantitative estimate of drug-likeness (QED) is 0.694. The third-order valence-corrected chi connectivity index (χ3v) is 2.27. The minimum atomic E-state index is -1.20. The molecule has 2 unspecified atom stereocenters. The Balaban J connectivity index is 3.88. The molecule has 0 rings (SSSR count). The molecule has 0 fully saturated rings. The minimum Gasteiger partial charge on any atom is -0.376 e. The standard InChI is InChI=1S/C4H4Cl4O/c5-1-2(6)3(7)4(8)9/h1,3-4,9H. The van der Waals surface area contributed by atoms with Gasteiger partial charge in [0.05, 0.1) is 5.03 Å². The normalized spacial score (nSPS) is 19.4. The highest BCUT2D eigenvalue weighted by atomic mass is 35.5. The van der Waals surface area contributed by atoms with Crippen molar-refractivity contribution in [3.63, 3.8) is 0 Å². The maximum atomic E-state index is 8.57. The second-order valence-electron chi connectivity index (χ2n) is 1.27. The molecule has 9 heavy (non-hydrogen) atoms. The number of hydrogen-bond donors (Lipinski definition) is 1. The first-order chi connectivity index (χ1) is 4.09. The number of halogens is 4. The summed E-state index contributed by atoms with van der Waals surface area (Å²) in [5.74, 6) is 0. The molecule has 5 heteroatoms. The monoisotopic (exact) mass is 208 g/mol. The molecule has 0 heterocycles. The Kier molecular flexibility index (Phi) is 5.08. The second-order valence-corrected chi connectivity index (χ2v) is 2.84. The summed E-state index contributed by atoms with van der Waals surface area (Å²) in [7, 11) is 0. The van der Waals surface area contributed by atoms with Gasteiger partial charge in [0.15, 0.2) is 0 Å². The van der Waals surface area contributed by atoms with Gasteiger partial charge >= 0.3 is 0 Å². The van der Waals surface area contributed by atoms with Crippen LogP contribution in [0, 0.1) is 0 Å². The maximum absolute atomic E-state index is 8.57. The van der Waals surface area contributed by atoms with Crippen molar-refractivity contribution in [2.24, 2.45) is 0 Å². The summed E-state index contributed by atoms with van der Waals surface area (Å²) >= 11 is 21.0. The molecule has 0 aromatic heterocycles. The number of hydrogen-bond acceptors (Lipinski definition) is 1. The van der Waals surface area contributed by atoms with Crippen LogP contribution in [-0.2, 0) is 0 Å². The molecule has 0 saturated heterocycles. The Morgan fingerprint density at radius 1 is 1.44 bits per heavy atom. The number of aliphatic hydroxyl groups excluding tert-OH is 1. The summed E-state index contributed by atoms with van der Waals surface area (Å²) in [5, 5.41) is 7.87. The van der Waals surface area contributed by atoms with Crippen LogP contribution in [0.5, 0.6) is 0 Å². The van der Waals surface area contributed by atoms with Gasteiger partial charge in [0.25, 0.3) is 0 Å². The fourth-order valence-corrected chi connectivity index (χ4v) is 0.774. The number of aliphatic hydroxyl groups is 1. The highest BCUT2D eigenvalue weighted by Gasteiger charge is 2.15. The lowest BCUT2D eigenvalue weighted by Gasteiger charge is -2.07. The zero-order valence-electron chi connectivity index (χ0n) is 4.19. The fourth-order valence-electron chi connectivity index (χ4n) is 0.192. The summed E-state index contributed by atoms with van der Waals surface area (Å²) in [6, 6.07) is 0. The third kappa shape index (κ3) is 3.54. The van der Waals surface area contributed by atoms with Gasteiger partial charge in [-0.05, 0) is 0 Å². The van der Waals surface area contributed by atoms with Crippen molar-refractivity contribution >= 4 is 46.4 Å². The molecule has 0 spiro atoms. The van der Waals surface area contributed by atoms with Gasteiger partial charge in [-0.1, -0.05) is 34.8 Å². The average Bonchev–Trinajstić information content (AvgIpc) is 1.84. The van der Waals surface area contributed by atoms with Crippen molar-refractivity contribution < 1.29 is 5.11 Å². The van der Waals surface area contributed by atoms with Gasteiger partial charge in [-0.15, -0.1) is 11.6 Å².